The Morgan fingerprint density at radius 1 is 1.50 bits per heavy atom. The Morgan fingerprint density at radius 3 is 2.30 bits per heavy atom. The second kappa shape index (κ2) is 6.68. The molecule has 0 amide bonds. The maximum atomic E-state index is 10.2. The first kappa shape index (κ1) is 12.3. The van der Waals surface area contributed by atoms with Crippen LogP contribution in [0.25, 0.3) is 0 Å². The summed E-state index contributed by atoms with van der Waals surface area (Å²) in [5, 5.41) is 9.67. The van der Waals surface area contributed by atoms with E-state index in [1.165, 1.54) is 0 Å². The minimum absolute atomic E-state index is 0. The van der Waals surface area contributed by atoms with Crippen molar-refractivity contribution >= 4 is 11.9 Å². The van der Waals surface area contributed by atoms with Gasteiger partial charge in [-0.1, -0.05) is 0 Å². The predicted octanol–water partition coefficient (Wildman–Crippen LogP) is -1.31. The molecule has 0 aromatic rings. The summed E-state index contributed by atoms with van der Waals surface area (Å²) in [6, 6.07) is 0. The third kappa shape index (κ3) is 7.56. The van der Waals surface area contributed by atoms with Crippen LogP contribution in [0, 0.1) is 0 Å². The van der Waals surface area contributed by atoms with Gasteiger partial charge >= 0.3 is 5.97 Å². The summed E-state index contributed by atoms with van der Waals surface area (Å²) in [6.45, 7) is 1.80. The summed E-state index contributed by atoms with van der Waals surface area (Å²) in [7, 11) is 0. The third-order valence-corrected chi connectivity index (χ3v) is 0.594. The van der Waals surface area contributed by atoms with Crippen LogP contribution in [0.1, 0.15) is 13.3 Å². The van der Waals surface area contributed by atoms with Crippen molar-refractivity contribution in [3.05, 3.63) is 0 Å². The van der Waals surface area contributed by atoms with Crippen molar-refractivity contribution in [3.63, 3.8) is 0 Å². The van der Waals surface area contributed by atoms with E-state index in [1.54, 1.807) is 6.92 Å². The Labute approximate surface area is 71.3 Å². The van der Waals surface area contributed by atoms with Gasteiger partial charge in [-0.15, -0.1) is 0 Å². The number of aliphatic carboxylic acids is 1. The van der Waals surface area contributed by atoms with Crippen LogP contribution in [0.5, 0.6) is 0 Å². The fraction of sp³-hybridized carbons (Fsp3) is 0.600. The number of rotatable bonds is 3. The van der Waals surface area contributed by atoms with E-state index in [2.05, 4.69) is 4.74 Å². The molecule has 0 rings (SSSR count). The first-order valence-corrected chi connectivity index (χ1v) is 2.52. The molecule has 4 nitrogen and oxygen atoms in total. The molecule has 0 bridgehead atoms. The summed E-state index contributed by atoms with van der Waals surface area (Å²) in [4.78, 5) is 19.9. The molecule has 54 valence electrons. The second-order valence-electron chi connectivity index (χ2n) is 1.35. The molecule has 0 radical (unpaired) electrons. The molecule has 0 spiro atoms. The van der Waals surface area contributed by atoms with Crippen LogP contribution in [0.3, 0.4) is 0 Å². The van der Waals surface area contributed by atoms with E-state index >= 15 is 0 Å². The average molecular weight is 196 g/mol. The number of carbonyl (C=O) groups excluding carboxylic acids is 2. The van der Waals surface area contributed by atoms with Crippen LogP contribution in [0.2, 0.25) is 0 Å². The van der Waals surface area contributed by atoms with Gasteiger partial charge in [0.1, 0.15) is 0 Å². The third-order valence-electron chi connectivity index (χ3n) is 0.594. The Bertz CT molecular complexity index is 123. The van der Waals surface area contributed by atoms with Crippen molar-refractivity contribution < 1.29 is 38.9 Å². The number of carboxylic acids is 1. The quantitative estimate of drug-likeness (QED) is 0.319. The second-order valence-corrected chi connectivity index (χ2v) is 1.35. The molecule has 0 aromatic heterocycles. The van der Waals surface area contributed by atoms with E-state index in [0.29, 0.717) is 0 Å². The van der Waals surface area contributed by atoms with Crippen LogP contribution in [-0.2, 0) is 33.8 Å². The number of esters is 1. The standard InChI is InChI=1S/C5H8O4.Zn/c1-2-9-5(8)3-4(6)7;/h2-3H2,1H3,(H,6,7);/p-1. The number of carbonyl (C=O) groups is 2. The van der Waals surface area contributed by atoms with Gasteiger partial charge in [0, 0.05) is 19.5 Å². The summed E-state index contributed by atoms with van der Waals surface area (Å²) in [5.74, 6) is -2.16. The maximum absolute atomic E-state index is 10.2. The number of ether oxygens (including phenoxy) is 1. The fourth-order valence-corrected chi connectivity index (χ4v) is 0.330. The van der Waals surface area contributed by atoms with Gasteiger partial charge in [0.05, 0.1) is 19.0 Å². The molecule has 0 aliphatic rings. The monoisotopic (exact) mass is 195 g/mol. The van der Waals surface area contributed by atoms with E-state index in [9.17, 15) is 14.7 Å². The molecule has 10 heavy (non-hydrogen) atoms. The first-order chi connectivity index (χ1) is 4.16. The normalized spacial score (nSPS) is 7.70. The largest absolute Gasteiger partial charge is 0.550 e. The molecular formula is C5H7O4Zn-. The van der Waals surface area contributed by atoms with Crippen molar-refractivity contribution in [1.29, 1.82) is 0 Å². The molecule has 0 aliphatic carbocycles. The van der Waals surface area contributed by atoms with Crippen molar-refractivity contribution in [2.75, 3.05) is 6.61 Å². The van der Waals surface area contributed by atoms with Crippen LogP contribution in [-0.4, -0.2) is 18.5 Å². The van der Waals surface area contributed by atoms with Gasteiger partial charge in [0.15, 0.2) is 0 Å². The zero-order valence-corrected chi connectivity index (χ0v) is 8.72. The maximum Gasteiger partial charge on any atom is 0.311 e. The van der Waals surface area contributed by atoms with Gasteiger partial charge in [-0.05, 0) is 6.92 Å². The molecule has 0 aromatic carbocycles. The van der Waals surface area contributed by atoms with Crippen LogP contribution in [0.4, 0.5) is 0 Å². The molecule has 0 aliphatic heterocycles. The molecule has 0 unspecified atom stereocenters. The van der Waals surface area contributed by atoms with Crippen LogP contribution < -0.4 is 5.11 Å². The Hall–Kier alpha value is -0.437. The number of carboxylic acid groups (broad SMARTS) is 1. The van der Waals surface area contributed by atoms with E-state index < -0.39 is 18.4 Å². The van der Waals surface area contributed by atoms with Crippen molar-refractivity contribution in [2.45, 2.75) is 13.3 Å². The predicted molar refractivity (Wildman–Crippen MR) is 26.3 cm³/mol. The zero-order valence-electron chi connectivity index (χ0n) is 5.75. The van der Waals surface area contributed by atoms with Gasteiger partial charge in [0.2, 0.25) is 0 Å². The number of hydrogen-bond donors (Lipinski definition) is 0. The SMILES string of the molecule is CCOC(=O)CC(=O)[O-].[Zn]. The summed E-state index contributed by atoms with van der Waals surface area (Å²) >= 11 is 0. The van der Waals surface area contributed by atoms with Gasteiger partial charge < -0.3 is 14.6 Å². The molecular weight excluding hydrogens is 189 g/mol. The molecule has 5 heteroatoms. The van der Waals surface area contributed by atoms with Gasteiger partial charge in [-0.2, -0.15) is 0 Å². The van der Waals surface area contributed by atoms with Gasteiger partial charge in [-0.25, -0.2) is 0 Å². The Kier molecular flexibility index (Phi) is 8.19. The van der Waals surface area contributed by atoms with Crippen molar-refractivity contribution in [3.8, 4) is 0 Å². The van der Waals surface area contributed by atoms with E-state index in [1.807, 2.05) is 0 Å². The molecule has 0 saturated carbocycles. The Balaban J connectivity index is 0. The molecule has 0 atom stereocenters. The Morgan fingerprint density at radius 2 is 2.00 bits per heavy atom. The molecule has 0 N–H and O–H groups in total. The van der Waals surface area contributed by atoms with E-state index in [0.717, 1.165) is 0 Å². The summed E-state index contributed by atoms with van der Waals surface area (Å²) < 4.78 is 4.29. The fourth-order valence-electron chi connectivity index (χ4n) is 0.330. The molecule has 0 heterocycles. The smallest absolute Gasteiger partial charge is 0.311 e. The molecule has 0 saturated heterocycles. The van der Waals surface area contributed by atoms with Crippen LogP contribution in [0.15, 0.2) is 0 Å². The average Bonchev–Trinajstić information content (AvgIpc) is 1.63. The first-order valence-electron chi connectivity index (χ1n) is 2.52. The molecule has 0 fully saturated rings. The van der Waals surface area contributed by atoms with E-state index in [-0.39, 0.29) is 26.1 Å². The van der Waals surface area contributed by atoms with E-state index in [4.69, 9.17) is 0 Å². The zero-order chi connectivity index (χ0) is 7.28. The van der Waals surface area contributed by atoms with Crippen molar-refractivity contribution in [2.24, 2.45) is 0 Å². The minimum Gasteiger partial charge on any atom is -0.550 e. The summed E-state index contributed by atoms with van der Waals surface area (Å²) in [5.41, 5.74) is 0. The van der Waals surface area contributed by atoms with Gasteiger partial charge in [-0.3, -0.25) is 4.79 Å². The number of hydrogen-bond acceptors (Lipinski definition) is 4. The van der Waals surface area contributed by atoms with Crippen molar-refractivity contribution in [1.82, 2.24) is 0 Å². The van der Waals surface area contributed by atoms with Crippen LogP contribution >= 0.6 is 0 Å². The van der Waals surface area contributed by atoms with Gasteiger partial charge in [0.25, 0.3) is 0 Å². The summed E-state index contributed by atoms with van der Waals surface area (Å²) in [6.07, 6.45) is -0.659. The topological polar surface area (TPSA) is 66.4 Å². The minimum atomic E-state index is -1.41.